The van der Waals surface area contributed by atoms with Gasteiger partial charge in [-0.15, -0.1) is 22.7 Å². The van der Waals surface area contributed by atoms with Gasteiger partial charge in [0.05, 0.1) is 24.8 Å². The SMILES string of the molecule is COc1cc(C(=O)Nc2nc(-c3cccs3)cs2)cc(OC)c1OCc1ccccc1. The summed E-state index contributed by atoms with van der Waals surface area (Å²) in [5, 5.41) is 7.28. The van der Waals surface area contributed by atoms with Crippen molar-refractivity contribution >= 4 is 33.7 Å². The van der Waals surface area contributed by atoms with Crippen molar-refractivity contribution in [1.82, 2.24) is 4.98 Å². The lowest BCUT2D eigenvalue weighted by Crippen LogP contribution is -2.12. The summed E-state index contributed by atoms with van der Waals surface area (Å²) < 4.78 is 16.9. The summed E-state index contributed by atoms with van der Waals surface area (Å²) in [7, 11) is 3.06. The topological polar surface area (TPSA) is 69.7 Å². The van der Waals surface area contributed by atoms with Gasteiger partial charge in [0.1, 0.15) is 6.61 Å². The molecule has 0 spiro atoms. The Morgan fingerprint density at radius 3 is 2.39 bits per heavy atom. The van der Waals surface area contributed by atoms with Crippen LogP contribution in [0.4, 0.5) is 5.13 Å². The van der Waals surface area contributed by atoms with E-state index >= 15 is 0 Å². The second-order valence-corrected chi connectivity index (χ2v) is 8.26. The molecule has 0 aliphatic heterocycles. The Kier molecular flexibility index (Phi) is 6.49. The number of benzene rings is 2. The first kappa shape index (κ1) is 20.9. The summed E-state index contributed by atoms with van der Waals surface area (Å²) in [4.78, 5) is 18.4. The third-order valence-electron chi connectivity index (χ3n) is 4.45. The van der Waals surface area contributed by atoms with Crippen LogP contribution in [0.3, 0.4) is 0 Å². The average Bonchev–Trinajstić information content (AvgIpc) is 3.50. The maximum atomic E-state index is 12.8. The number of rotatable bonds is 8. The van der Waals surface area contributed by atoms with Crippen molar-refractivity contribution < 1.29 is 19.0 Å². The van der Waals surface area contributed by atoms with Crippen LogP contribution in [0.2, 0.25) is 0 Å². The molecule has 4 aromatic rings. The number of carbonyl (C=O) groups excluding carboxylic acids is 1. The molecule has 0 fully saturated rings. The molecule has 0 aliphatic carbocycles. The van der Waals surface area contributed by atoms with Crippen LogP contribution in [0.5, 0.6) is 17.2 Å². The molecule has 2 heterocycles. The van der Waals surface area contributed by atoms with E-state index in [1.54, 1.807) is 23.5 Å². The van der Waals surface area contributed by atoms with Gasteiger partial charge >= 0.3 is 0 Å². The van der Waals surface area contributed by atoms with E-state index in [0.717, 1.165) is 16.1 Å². The minimum atomic E-state index is -0.307. The van der Waals surface area contributed by atoms with Gasteiger partial charge in [0.15, 0.2) is 16.6 Å². The molecular formula is C23H20N2O4S2. The summed E-state index contributed by atoms with van der Waals surface area (Å²) in [5.74, 6) is 0.968. The number of amides is 1. The largest absolute Gasteiger partial charge is 0.493 e. The van der Waals surface area contributed by atoms with Gasteiger partial charge in [-0.3, -0.25) is 10.1 Å². The van der Waals surface area contributed by atoms with E-state index in [1.165, 1.54) is 25.6 Å². The van der Waals surface area contributed by atoms with Crippen LogP contribution in [0.1, 0.15) is 15.9 Å². The van der Waals surface area contributed by atoms with E-state index in [1.807, 2.05) is 53.2 Å². The molecule has 31 heavy (non-hydrogen) atoms. The first-order valence-corrected chi connectivity index (χ1v) is 11.2. The Hall–Kier alpha value is -3.36. The van der Waals surface area contributed by atoms with Gasteiger partial charge < -0.3 is 14.2 Å². The van der Waals surface area contributed by atoms with E-state index in [4.69, 9.17) is 14.2 Å². The summed E-state index contributed by atoms with van der Waals surface area (Å²) >= 11 is 2.98. The number of aromatic nitrogens is 1. The Morgan fingerprint density at radius 2 is 1.74 bits per heavy atom. The number of nitrogens with zero attached hydrogens (tertiary/aromatic N) is 1. The third-order valence-corrected chi connectivity index (χ3v) is 6.10. The quantitative estimate of drug-likeness (QED) is 0.370. The molecule has 4 rings (SSSR count). The number of carbonyl (C=O) groups is 1. The molecule has 0 radical (unpaired) electrons. The third kappa shape index (κ3) is 4.87. The fourth-order valence-electron chi connectivity index (χ4n) is 2.92. The van der Waals surface area contributed by atoms with Crippen LogP contribution in [-0.4, -0.2) is 25.1 Å². The summed E-state index contributed by atoms with van der Waals surface area (Å²) in [6.07, 6.45) is 0. The lowest BCUT2D eigenvalue weighted by molar-refractivity contribution is 0.102. The molecule has 158 valence electrons. The van der Waals surface area contributed by atoms with Crippen molar-refractivity contribution in [2.45, 2.75) is 6.61 Å². The second kappa shape index (κ2) is 9.63. The molecule has 1 amide bonds. The van der Waals surface area contributed by atoms with Crippen LogP contribution in [0, 0.1) is 0 Å². The minimum absolute atomic E-state index is 0.307. The van der Waals surface area contributed by atoms with E-state index in [0.29, 0.717) is 34.6 Å². The van der Waals surface area contributed by atoms with E-state index in [9.17, 15) is 4.79 Å². The summed E-state index contributed by atoms with van der Waals surface area (Å²) in [6.45, 7) is 0.351. The highest BCUT2D eigenvalue weighted by atomic mass is 32.1. The van der Waals surface area contributed by atoms with Gasteiger partial charge in [-0.05, 0) is 29.1 Å². The maximum Gasteiger partial charge on any atom is 0.257 e. The van der Waals surface area contributed by atoms with Crippen LogP contribution in [-0.2, 0) is 6.61 Å². The maximum absolute atomic E-state index is 12.8. The van der Waals surface area contributed by atoms with Gasteiger partial charge in [0.25, 0.3) is 5.91 Å². The standard InChI is InChI=1S/C23H20N2O4S2/c1-27-18-11-16(12-19(28-2)21(18)29-13-15-7-4-3-5-8-15)22(26)25-23-24-17(14-31-23)20-9-6-10-30-20/h3-12,14H,13H2,1-2H3,(H,24,25,26). The zero-order valence-electron chi connectivity index (χ0n) is 17.0. The number of ether oxygens (including phenoxy) is 3. The summed E-state index contributed by atoms with van der Waals surface area (Å²) in [6, 6.07) is 17.0. The Balaban J connectivity index is 1.53. The lowest BCUT2D eigenvalue weighted by Gasteiger charge is -2.16. The Morgan fingerprint density at radius 1 is 1.00 bits per heavy atom. The number of anilines is 1. The van der Waals surface area contributed by atoms with Crippen LogP contribution in [0.25, 0.3) is 10.6 Å². The molecule has 0 aliphatic rings. The predicted molar refractivity (Wildman–Crippen MR) is 124 cm³/mol. The normalized spacial score (nSPS) is 10.5. The van der Waals surface area contributed by atoms with Crippen LogP contribution < -0.4 is 19.5 Å². The Bertz CT molecular complexity index is 1130. The monoisotopic (exact) mass is 452 g/mol. The highest BCUT2D eigenvalue weighted by molar-refractivity contribution is 7.16. The molecule has 2 aromatic carbocycles. The molecule has 0 atom stereocenters. The molecule has 0 saturated carbocycles. The molecule has 1 N–H and O–H groups in total. The number of nitrogens with one attached hydrogen (secondary N) is 1. The molecule has 0 saturated heterocycles. The number of hydrogen-bond acceptors (Lipinski definition) is 7. The van der Waals surface area contributed by atoms with Crippen molar-refractivity contribution in [3.8, 4) is 27.8 Å². The van der Waals surface area contributed by atoms with E-state index in [2.05, 4.69) is 10.3 Å². The van der Waals surface area contributed by atoms with Crippen LogP contribution in [0.15, 0.2) is 65.4 Å². The van der Waals surface area contributed by atoms with Crippen LogP contribution >= 0.6 is 22.7 Å². The molecule has 0 bridgehead atoms. The highest BCUT2D eigenvalue weighted by Gasteiger charge is 2.19. The minimum Gasteiger partial charge on any atom is -0.493 e. The fourth-order valence-corrected chi connectivity index (χ4v) is 4.39. The zero-order chi connectivity index (χ0) is 21.6. The smallest absolute Gasteiger partial charge is 0.257 e. The number of thiazole rings is 1. The molecule has 6 nitrogen and oxygen atoms in total. The first-order chi connectivity index (χ1) is 15.2. The molecular weight excluding hydrogens is 432 g/mol. The van der Waals surface area contributed by atoms with E-state index < -0.39 is 0 Å². The predicted octanol–water partition coefficient (Wildman–Crippen LogP) is 5.72. The highest BCUT2D eigenvalue weighted by Crippen LogP contribution is 2.39. The number of hydrogen-bond donors (Lipinski definition) is 1. The van der Waals surface area contributed by atoms with Gasteiger partial charge in [-0.2, -0.15) is 0 Å². The average molecular weight is 453 g/mol. The van der Waals surface area contributed by atoms with Crippen molar-refractivity contribution in [3.63, 3.8) is 0 Å². The van der Waals surface area contributed by atoms with Gasteiger partial charge in [0.2, 0.25) is 5.75 Å². The van der Waals surface area contributed by atoms with E-state index in [-0.39, 0.29) is 5.91 Å². The molecule has 0 unspecified atom stereocenters. The first-order valence-electron chi connectivity index (χ1n) is 9.41. The van der Waals surface area contributed by atoms with Gasteiger partial charge in [-0.1, -0.05) is 36.4 Å². The van der Waals surface area contributed by atoms with Gasteiger partial charge in [-0.25, -0.2) is 4.98 Å². The molecule has 2 aromatic heterocycles. The number of methoxy groups -OCH3 is 2. The lowest BCUT2D eigenvalue weighted by atomic mass is 10.1. The fraction of sp³-hybridized carbons (Fsp3) is 0.130. The van der Waals surface area contributed by atoms with Crippen molar-refractivity contribution in [2.75, 3.05) is 19.5 Å². The van der Waals surface area contributed by atoms with Crippen molar-refractivity contribution in [2.24, 2.45) is 0 Å². The molecule has 8 heteroatoms. The van der Waals surface area contributed by atoms with Gasteiger partial charge in [0, 0.05) is 10.9 Å². The number of thiophene rings is 1. The van der Waals surface area contributed by atoms with Crippen molar-refractivity contribution in [3.05, 3.63) is 76.5 Å². The summed E-state index contributed by atoms with van der Waals surface area (Å²) in [5.41, 5.74) is 2.24. The second-order valence-electron chi connectivity index (χ2n) is 6.45. The Labute approximate surface area is 188 Å². The van der Waals surface area contributed by atoms with Crippen molar-refractivity contribution in [1.29, 1.82) is 0 Å². The zero-order valence-corrected chi connectivity index (χ0v) is 18.6.